The number of fused-ring (bicyclic) bond motifs is 1. The maximum atomic E-state index is 5.65. The highest BCUT2D eigenvalue weighted by Gasteiger charge is 2.17. The van der Waals surface area contributed by atoms with Gasteiger partial charge in [0.05, 0.1) is 7.11 Å². The lowest BCUT2D eigenvalue weighted by Crippen LogP contribution is -2.11. The summed E-state index contributed by atoms with van der Waals surface area (Å²) in [6.07, 6.45) is 3.56. The van der Waals surface area contributed by atoms with Crippen LogP contribution >= 0.6 is 11.8 Å². The molecule has 0 amide bonds. The predicted molar refractivity (Wildman–Crippen MR) is 69.2 cm³/mol. The third-order valence-corrected chi connectivity index (χ3v) is 4.28. The van der Waals surface area contributed by atoms with Crippen molar-refractivity contribution in [1.82, 2.24) is 0 Å². The maximum Gasteiger partial charge on any atom is 0.119 e. The van der Waals surface area contributed by atoms with E-state index in [4.69, 9.17) is 10.5 Å². The zero-order chi connectivity index (χ0) is 11.4. The molecule has 2 nitrogen and oxygen atoms in total. The molecule has 16 heavy (non-hydrogen) atoms. The molecule has 2 rings (SSSR count). The normalized spacial score (nSPS) is 20.0. The van der Waals surface area contributed by atoms with Gasteiger partial charge in [-0.3, -0.25) is 0 Å². The molecule has 0 spiro atoms. The first-order valence-electron chi connectivity index (χ1n) is 5.83. The molecule has 1 aromatic rings. The van der Waals surface area contributed by atoms with Crippen LogP contribution < -0.4 is 10.5 Å². The van der Waals surface area contributed by atoms with Crippen LogP contribution in [-0.4, -0.2) is 19.4 Å². The minimum absolute atomic E-state index is 0.742. The van der Waals surface area contributed by atoms with Crippen molar-refractivity contribution in [2.24, 2.45) is 11.7 Å². The Hall–Kier alpha value is -0.670. The monoisotopic (exact) mass is 237 g/mol. The lowest BCUT2D eigenvalue weighted by atomic mass is 9.94. The zero-order valence-corrected chi connectivity index (χ0v) is 10.6. The quantitative estimate of drug-likeness (QED) is 0.878. The number of benzene rings is 1. The number of methoxy groups -OCH3 is 1. The second-order valence-corrected chi connectivity index (χ2v) is 5.40. The third kappa shape index (κ3) is 2.71. The van der Waals surface area contributed by atoms with E-state index < -0.39 is 0 Å². The van der Waals surface area contributed by atoms with Gasteiger partial charge in [0.2, 0.25) is 0 Å². The van der Waals surface area contributed by atoms with Crippen molar-refractivity contribution in [2.45, 2.75) is 24.2 Å². The summed E-state index contributed by atoms with van der Waals surface area (Å²) in [6.45, 7) is 0.800. The summed E-state index contributed by atoms with van der Waals surface area (Å²) in [6, 6.07) is 6.41. The molecule has 0 radical (unpaired) electrons. The average molecular weight is 237 g/mol. The fourth-order valence-corrected chi connectivity index (χ4v) is 3.38. The minimum atomic E-state index is 0.742. The van der Waals surface area contributed by atoms with E-state index in [-0.39, 0.29) is 0 Å². The van der Waals surface area contributed by atoms with Crippen molar-refractivity contribution in [3.63, 3.8) is 0 Å². The van der Waals surface area contributed by atoms with Crippen LogP contribution in [0.2, 0.25) is 0 Å². The standard InChI is InChI=1S/C13H19NOS/c1-15-12-2-3-13-11(9-12)8-10(4-6-14)5-7-16-13/h2-3,9-10H,4-8,14H2,1H3. The van der Waals surface area contributed by atoms with E-state index >= 15 is 0 Å². The maximum absolute atomic E-state index is 5.65. The number of nitrogens with two attached hydrogens (primary N) is 1. The molecule has 0 fully saturated rings. The summed E-state index contributed by atoms with van der Waals surface area (Å²) in [5.41, 5.74) is 7.09. The molecular formula is C13H19NOS. The number of hydrogen-bond donors (Lipinski definition) is 1. The van der Waals surface area contributed by atoms with Crippen LogP contribution in [0, 0.1) is 5.92 Å². The number of ether oxygens (including phenoxy) is 1. The first-order valence-corrected chi connectivity index (χ1v) is 6.82. The molecule has 0 saturated carbocycles. The van der Waals surface area contributed by atoms with Gasteiger partial charge < -0.3 is 10.5 Å². The van der Waals surface area contributed by atoms with Crippen LogP contribution in [-0.2, 0) is 6.42 Å². The number of rotatable bonds is 3. The lowest BCUT2D eigenvalue weighted by Gasteiger charge is -2.13. The molecule has 1 aliphatic heterocycles. The fraction of sp³-hybridized carbons (Fsp3) is 0.538. The second kappa shape index (κ2) is 5.60. The highest BCUT2D eigenvalue weighted by Crippen LogP contribution is 2.34. The highest BCUT2D eigenvalue weighted by atomic mass is 32.2. The summed E-state index contributed by atoms with van der Waals surface area (Å²) in [4.78, 5) is 1.42. The van der Waals surface area contributed by atoms with Crippen molar-refractivity contribution < 1.29 is 4.74 Å². The lowest BCUT2D eigenvalue weighted by molar-refractivity contribution is 0.412. The Morgan fingerprint density at radius 2 is 2.38 bits per heavy atom. The molecule has 0 bridgehead atoms. The van der Waals surface area contributed by atoms with Gasteiger partial charge in [-0.25, -0.2) is 0 Å². The molecule has 0 saturated heterocycles. The van der Waals surface area contributed by atoms with Gasteiger partial charge in [0.15, 0.2) is 0 Å². The van der Waals surface area contributed by atoms with Gasteiger partial charge in [0.1, 0.15) is 5.75 Å². The Bertz CT molecular complexity index is 354. The van der Waals surface area contributed by atoms with Gasteiger partial charge in [-0.2, -0.15) is 0 Å². The molecular weight excluding hydrogens is 218 g/mol. The van der Waals surface area contributed by atoms with E-state index in [0.717, 1.165) is 31.1 Å². The first-order chi connectivity index (χ1) is 7.83. The number of thioether (sulfide) groups is 1. The molecule has 1 atom stereocenters. The van der Waals surface area contributed by atoms with Gasteiger partial charge in [0, 0.05) is 4.90 Å². The summed E-state index contributed by atoms with van der Waals surface area (Å²) in [7, 11) is 1.73. The summed E-state index contributed by atoms with van der Waals surface area (Å²) in [5, 5.41) is 0. The first kappa shape index (κ1) is 11.8. The van der Waals surface area contributed by atoms with E-state index in [1.807, 2.05) is 11.8 Å². The molecule has 2 N–H and O–H groups in total. The van der Waals surface area contributed by atoms with Crippen molar-refractivity contribution in [2.75, 3.05) is 19.4 Å². The van der Waals surface area contributed by atoms with E-state index in [0.29, 0.717) is 0 Å². The van der Waals surface area contributed by atoms with E-state index in [1.165, 1.54) is 22.6 Å². The minimum Gasteiger partial charge on any atom is -0.497 e. The van der Waals surface area contributed by atoms with Crippen molar-refractivity contribution in [3.05, 3.63) is 23.8 Å². The van der Waals surface area contributed by atoms with Gasteiger partial charge in [-0.15, -0.1) is 11.8 Å². The number of hydrogen-bond acceptors (Lipinski definition) is 3. The molecule has 0 aromatic heterocycles. The van der Waals surface area contributed by atoms with Gasteiger partial charge in [-0.1, -0.05) is 0 Å². The fourth-order valence-electron chi connectivity index (χ4n) is 2.21. The van der Waals surface area contributed by atoms with Gasteiger partial charge in [-0.05, 0) is 61.2 Å². The van der Waals surface area contributed by atoms with Gasteiger partial charge in [0.25, 0.3) is 0 Å². The van der Waals surface area contributed by atoms with Crippen LogP contribution in [0.3, 0.4) is 0 Å². The summed E-state index contributed by atoms with van der Waals surface area (Å²) in [5.74, 6) is 2.92. The Balaban J connectivity index is 2.19. The Kier molecular flexibility index (Phi) is 4.13. The summed E-state index contributed by atoms with van der Waals surface area (Å²) < 4.78 is 5.28. The van der Waals surface area contributed by atoms with Crippen LogP contribution in [0.25, 0.3) is 0 Å². The molecule has 1 aliphatic rings. The molecule has 0 aliphatic carbocycles. The highest BCUT2D eigenvalue weighted by molar-refractivity contribution is 7.99. The smallest absolute Gasteiger partial charge is 0.119 e. The Labute approximate surface area is 102 Å². The zero-order valence-electron chi connectivity index (χ0n) is 9.74. The van der Waals surface area contributed by atoms with Gasteiger partial charge >= 0.3 is 0 Å². The van der Waals surface area contributed by atoms with Crippen LogP contribution in [0.5, 0.6) is 5.75 Å². The largest absolute Gasteiger partial charge is 0.497 e. The van der Waals surface area contributed by atoms with Crippen molar-refractivity contribution in [1.29, 1.82) is 0 Å². The molecule has 88 valence electrons. The molecule has 1 aromatic carbocycles. The SMILES string of the molecule is COc1ccc2c(c1)CC(CCN)CCS2. The predicted octanol–water partition coefficient (Wildman–Crippen LogP) is 2.70. The molecule has 1 heterocycles. The third-order valence-electron chi connectivity index (χ3n) is 3.13. The molecule has 3 heteroatoms. The topological polar surface area (TPSA) is 35.2 Å². The Morgan fingerprint density at radius 3 is 3.12 bits per heavy atom. The van der Waals surface area contributed by atoms with Crippen LogP contribution in [0.4, 0.5) is 0 Å². The molecule has 1 unspecified atom stereocenters. The Morgan fingerprint density at radius 1 is 1.50 bits per heavy atom. The van der Waals surface area contributed by atoms with E-state index in [1.54, 1.807) is 7.11 Å². The van der Waals surface area contributed by atoms with Crippen LogP contribution in [0.1, 0.15) is 18.4 Å². The summed E-state index contributed by atoms with van der Waals surface area (Å²) >= 11 is 1.96. The van der Waals surface area contributed by atoms with Crippen molar-refractivity contribution in [3.8, 4) is 5.75 Å². The van der Waals surface area contributed by atoms with E-state index in [2.05, 4.69) is 18.2 Å². The van der Waals surface area contributed by atoms with Crippen molar-refractivity contribution >= 4 is 11.8 Å². The second-order valence-electron chi connectivity index (χ2n) is 4.26. The average Bonchev–Trinajstić information content (AvgIpc) is 2.50. The van der Waals surface area contributed by atoms with E-state index in [9.17, 15) is 0 Å². The van der Waals surface area contributed by atoms with Crippen LogP contribution in [0.15, 0.2) is 23.1 Å².